The van der Waals surface area contributed by atoms with Crippen molar-refractivity contribution >= 4 is 16.6 Å². The van der Waals surface area contributed by atoms with Gasteiger partial charge < -0.3 is 5.32 Å². The average Bonchev–Trinajstić information content (AvgIpc) is 2.19. The normalized spacial score (nSPS) is 14.4. The highest BCUT2D eigenvalue weighted by molar-refractivity contribution is 7.84. The number of hydrogen-bond donors (Lipinski definition) is 3. The Hall–Kier alpha value is -1.44. The molecule has 0 aliphatic rings. The standard InChI is InChI=1S/C8H14N4O3S/c1-5(3-4-16(2)15)9-6-7(13)10-8(14)12-11-6/h5H,3-4H2,1-2H3,(H,9,11)(H2,10,12,13,14). The number of hydrogen-bond acceptors (Lipinski definition) is 5. The zero-order valence-corrected chi connectivity index (χ0v) is 9.89. The first-order valence-corrected chi connectivity index (χ1v) is 6.47. The van der Waals surface area contributed by atoms with E-state index in [1.54, 1.807) is 6.26 Å². The molecule has 7 nitrogen and oxygen atoms in total. The third kappa shape index (κ3) is 3.97. The van der Waals surface area contributed by atoms with E-state index in [1.807, 2.05) is 6.92 Å². The Morgan fingerprint density at radius 1 is 1.50 bits per heavy atom. The van der Waals surface area contributed by atoms with Crippen molar-refractivity contribution in [2.45, 2.75) is 19.4 Å². The van der Waals surface area contributed by atoms with Crippen molar-refractivity contribution in [1.82, 2.24) is 15.2 Å². The molecule has 0 saturated carbocycles. The van der Waals surface area contributed by atoms with E-state index in [0.717, 1.165) is 0 Å². The molecule has 90 valence electrons. The maximum atomic E-state index is 11.3. The van der Waals surface area contributed by atoms with Gasteiger partial charge in [0.1, 0.15) is 0 Å². The molecule has 0 bridgehead atoms. The molecule has 1 aromatic rings. The number of anilines is 1. The second-order valence-corrected chi connectivity index (χ2v) is 5.02. The predicted molar refractivity (Wildman–Crippen MR) is 62.1 cm³/mol. The van der Waals surface area contributed by atoms with Gasteiger partial charge in [0, 0.05) is 28.9 Å². The molecule has 0 aromatic carbocycles. The van der Waals surface area contributed by atoms with Gasteiger partial charge in [-0.15, -0.1) is 5.10 Å². The SMILES string of the molecule is CC(CCS(C)=O)Nc1n[nH]c(=O)[nH]c1=O. The molecule has 0 saturated heterocycles. The number of aromatic nitrogens is 3. The van der Waals surface area contributed by atoms with E-state index in [-0.39, 0.29) is 11.9 Å². The summed E-state index contributed by atoms with van der Waals surface area (Å²) >= 11 is 0. The number of H-pyrrole nitrogens is 2. The fraction of sp³-hybridized carbons (Fsp3) is 0.625. The van der Waals surface area contributed by atoms with Gasteiger partial charge in [0.2, 0.25) is 5.82 Å². The van der Waals surface area contributed by atoms with E-state index in [2.05, 4.69) is 20.5 Å². The molecule has 2 unspecified atom stereocenters. The zero-order chi connectivity index (χ0) is 12.1. The van der Waals surface area contributed by atoms with Crippen LogP contribution in [0.1, 0.15) is 13.3 Å². The lowest BCUT2D eigenvalue weighted by molar-refractivity contribution is 0.677. The molecule has 0 aliphatic heterocycles. The van der Waals surface area contributed by atoms with Gasteiger partial charge >= 0.3 is 5.69 Å². The minimum absolute atomic E-state index is 0.0385. The van der Waals surface area contributed by atoms with Crippen molar-refractivity contribution in [2.24, 2.45) is 0 Å². The summed E-state index contributed by atoms with van der Waals surface area (Å²) in [5.41, 5.74) is -1.20. The predicted octanol–water partition coefficient (Wildman–Crippen LogP) is -0.973. The van der Waals surface area contributed by atoms with Gasteiger partial charge in [-0.25, -0.2) is 9.89 Å². The fourth-order valence-corrected chi connectivity index (χ4v) is 1.78. The van der Waals surface area contributed by atoms with Gasteiger partial charge in [0.05, 0.1) is 0 Å². The van der Waals surface area contributed by atoms with Crippen LogP contribution in [-0.2, 0) is 10.8 Å². The van der Waals surface area contributed by atoms with Crippen LogP contribution < -0.4 is 16.6 Å². The maximum absolute atomic E-state index is 11.3. The highest BCUT2D eigenvalue weighted by Crippen LogP contribution is 1.99. The molecule has 0 aliphatic carbocycles. The third-order valence-corrected chi connectivity index (χ3v) is 2.74. The van der Waals surface area contributed by atoms with Crippen molar-refractivity contribution in [3.05, 3.63) is 20.8 Å². The quantitative estimate of drug-likeness (QED) is 0.619. The van der Waals surface area contributed by atoms with E-state index in [0.29, 0.717) is 12.2 Å². The zero-order valence-electron chi connectivity index (χ0n) is 9.07. The van der Waals surface area contributed by atoms with Gasteiger partial charge in [-0.3, -0.25) is 14.0 Å². The molecule has 3 N–H and O–H groups in total. The molecular weight excluding hydrogens is 232 g/mol. The first-order chi connectivity index (χ1) is 7.49. The summed E-state index contributed by atoms with van der Waals surface area (Å²) < 4.78 is 10.9. The minimum atomic E-state index is -0.857. The average molecular weight is 246 g/mol. The first-order valence-electron chi connectivity index (χ1n) is 4.74. The molecule has 16 heavy (non-hydrogen) atoms. The van der Waals surface area contributed by atoms with Crippen molar-refractivity contribution in [1.29, 1.82) is 0 Å². The Morgan fingerprint density at radius 2 is 2.19 bits per heavy atom. The van der Waals surface area contributed by atoms with Crippen LogP contribution in [-0.4, -0.2) is 37.4 Å². The van der Waals surface area contributed by atoms with Crippen LogP contribution in [0.4, 0.5) is 5.82 Å². The Labute approximate surface area is 94.1 Å². The first kappa shape index (κ1) is 12.6. The molecule has 0 spiro atoms. The summed E-state index contributed by atoms with van der Waals surface area (Å²) in [6, 6.07) is -0.0385. The topological polar surface area (TPSA) is 108 Å². The lowest BCUT2D eigenvalue weighted by Gasteiger charge is -2.11. The number of aromatic amines is 2. The number of rotatable bonds is 5. The van der Waals surface area contributed by atoms with E-state index in [4.69, 9.17) is 0 Å². The van der Waals surface area contributed by atoms with Crippen molar-refractivity contribution in [2.75, 3.05) is 17.3 Å². The highest BCUT2D eigenvalue weighted by Gasteiger charge is 2.07. The van der Waals surface area contributed by atoms with Gasteiger partial charge in [-0.1, -0.05) is 0 Å². The van der Waals surface area contributed by atoms with Crippen LogP contribution >= 0.6 is 0 Å². The Kier molecular flexibility index (Phi) is 4.41. The van der Waals surface area contributed by atoms with E-state index in [1.165, 1.54) is 0 Å². The second-order valence-electron chi connectivity index (χ2n) is 3.47. The summed E-state index contributed by atoms with van der Waals surface area (Å²) in [5.74, 6) is 0.615. The van der Waals surface area contributed by atoms with E-state index < -0.39 is 22.0 Å². The molecule has 0 amide bonds. The van der Waals surface area contributed by atoms with E-state index in [9.17, 15) is 13.8 Å². The van der Waals surface area contributed by atoms with Crippen LogP contribution in [0.25, 0.3) is 0 Å². The molecule has 1 rings (SSSR count). The van der Waals surface area contributed by atoms with Crippen LogP contribution in [0.3, 0.4) is 0 Å². The van der Waals surface area contributed by atoms with Crippen LogP contribution in [0.2, 0.25) is 0 Å². The van der Waals surface area contributed by atoms with Crippen molar-refractivity contribution < 1.29 is 4.21 Å². The lowest BCUT2D eigenvalue weighted by Crippen LogP contribution is -2.30. The summed E-state index contributed by atoms with van der Waals surface area (Å²) in [4.78, 5) is 24.0. The lowest BCUT2D eigenvalue weighted by atomic mass is 10.2. The second kappa shape index (κ2) is 5.59. The third-order valence-electron chi connectivity index (χ3n) is 1.93. The van der Waals surface area contributed by atoms with Gasteiger partial charge in [0.15, 0.2) is 0 Å². The summed E-state index contributed by atoms with van der Waals surface area (Å²) in [7, 11) is -0.857. The minimum Gasteiger partial charge on any atom is -0.362 e. The molecule has 0 radical (unpaired) electrons. The summed E-state index contributed by atoms with van der Waals surface area (Å²) in [6.45, 7) is 1.85. The van der Waals surface area contributed by atoms with Crippen LogP contribution in [0, 0.1) is 0 Å². The number of nitrogens with one attached hydrogen (secondary N) is 3. The molecule has 8 heteroatoms. The molecule has 2 atom stereocenters. The smallest absolute Gasteiger partial charge is 0.342 e. The van der Waals surface area contributed by atoms with Crippen LogP contribution in [0.15, 0.2) is 9.59 Å². The molecule has 1 heterocycles. The fourth-order valence-electron chi connectivity index (χ4n) is 1.09. The maximum Gasteiger partial charge on any atom is 0.342 e. The Balaban J connectivity index is 2.62. The Bertz CT molecular complexity index is 481. The van der Waals surface area contributed by atoms with Gasteiger partial charge in [0.25, 0.3) is 5.56 Å². The molecule has 1 aromatic heterocycles. The summed E-state index contributed by atoms with van der Waals surface area (Å²) in [5, 5.41) is 8.54. The Morgan fingerprint density at radius 3 is 2.75 bits per heavy atom. The molecule has 0 fully saturated rings. The van der Waals surface area contributed by atoms with E-state index >= 15 is 0 Å². The van der Waals surface area contributed by atoms with Gasteiger partial charge in [-0.2, -0.15) is 0 Å². The summed E-state index contributed by atoms with van der Waals surface area (Å²) in [6.07, 6.45) is 2.28. The number of nitrogens with zero attached hydrogens (tertiary/aromatic N) is 1. The molecular formula is C8H14N4O3S. The largest absolute Gasteiger partial charge is 0.362 e. The highest BCUT2D eigenvalue weighted by atomic mass is 32.2. The van der Waals surface area contributed by atoms with Crippen molar-refractivity contribution in [3.8, 4) is 0 Å². The van der Waals surface area contributed by atoms with Gasteiger partial charge in [-0.05, 0) is 13.3 Å². The van der Waals surface area contributed by atoms with Crippen LogP contribution in [0.5, 0.6) is 0 Å². The monoisotopic (exact) mass is 246 g/mol. The van der Waals surface area contributed by atoms with Crippen molar-refractivity contribution in [3.63, 3.8) is 0 Å².